The van der Waals surface area contributed by atoms with Gasteiger partial charge in [-0.15, -0.1) is 0 Å². The fourth-order valence-corrected chi connectivity index (χ4v) is 4.14. The average molecular weight is 452 g/mol. The van der Waals surface area contributed by atoms with E-state index in [1.807, 2.05) is 24.3 Å². The zero-order valence-electron chi connectivity index (χ0n) is 17.9. The number of methoxy groups -OCH3 is 3. The highest BCUT2D eigenvalue weighted by Crippen LogP contribution is 2.43. The number of nitrogens with zero attached hydrogens (tertiary/aromatic N) is 1. The second-order valence-corrected chi connectivity index (χ2v) is 7.78. The third-order valence-electron chi connectivity index (χ3n) is 5.56. The monoisotopic (exact) mass is 451 g/mol. The van der Waals surface area contributed by atoms with Crippen molar-refractivity contribution in [1.29, 1.82) is 0 Å². The minimum Gasteiger partial charge on any atom is -0.493 e. The second-order valence-electron chi connectivity index (χ2n) is 7.34. The molecule has 1 aliphatic rings. The molecule has 1 unspecified atom stereocenters. The van der Waals surface area contributed by atoms with Crippen LogP contribution in [0.25, 0.3) is 0 Å². The minimum atomic E-state index is -0.432. The maximum Gasteiger partial charge on any atom is 0.337 e. The zero-order valence-corrected chi connectivity index (χ0v) is 18.7. The van der Waals surface area contributed by atoms with Gasteiger partial charge in [-0.1, -0.05) is 23.7 Å². The lowest BCUT2D eigenvalue weighted by Gasteiger charge is -2.38. The lowest BCUT2D eigenvalue weighted by Crippen LogP contribution is -2.41. The lowest BCUT2D eigenvalue weighted by molar-refractivity contribution is -0.118. The highest BCUT2D eigenvalue weighted by molar-refractivity contribution is 6.30. The molecule has 6 nitrogen and oxygen atoms in total. The Morgan fingerprint density at radius 2 is 1.56 bits per heavy atom. The Balaban J connectivity index is 1.88. The van der Waals surface area contributed by atoms with Crippen molar-refractivity contribution in [3.63, 3.8) is 0 Å². The van der Waals surface area contributed by atoms with Gasteiger partial charge in [0.15, 0.2) is 11.5 Å². The largest absolute Gasteiger partial charge is 0.493 e. The van der Waals surface area contributed by atoms with Crippen LogP contribution < -0.4 is 14.4 Å². The van der Waals surface area contributed by atoms with E-state index in [4.69, 9.17) is 25.8 Å². The fourth-order valence-electron chi connectivity index (χ4n) is 4.02. The van der Waals surface area contributed by atoms with E-state index in [9.17, 15) is 9.59 Å². The maximum absolute atomic E-state index is 13.4. The Hall–Kier alpha value is -3.51. The molecule has 0 aromatic heterocycles. The van der Waals surface area contributed by atoms with Gasteiger partial charge in [0, 0.05) is 10.7 Å². The van der Waals surface area contributed by atoms with Gasteiger partial charge in [-0.05, 0) is 65.2 Å². The summed E-state index contributed by atoms with van der Waals surface area (Å²) in [5.74, 6) is 0.652. The molecule has 3 aromatic rings. The first-order valence-corrected chi connectivity index (χ1v) is 10.3. The fraction of sp³-hybridized carbons (Fsp3) is 0.200. The molecule has 0 saturated carbocycles. The number of fused-ring (bicyclic) bond motifs is 1. The van der Waals surface area contributed by atoms with E-state index in [2.05, 4.69) is 0 Å². The Morgan fingerprint density at radius 3 is 2.16 bits per heavy atom. The summed E-state index contributed by atoms with van der Waals surface area (Å²) in [5, 5.41) is 0.609. The van der Waals surface area contributed by atoms with Crippen molar-refractivity contribution in [2.45, 2.75) is 12.5 Å². The number of halogens is 1. The number of carbonyl (C=O) groups excluding carboxylic acids is 2. The summed E-state index contributed by atoms with van der Waals surface area (Å²) in [5.41, 5.74) is 3.78. The highest BCUT2D eigenvalue weighted by Gasteiger charge is 2.36. The molecule has 164 valence electrons. The van der Waals surface area contributed by atoms with Gasteiger partial charge in [0.1, 0.15) is 0 Å². The van der Waals surface area contributed by atoms with Crippen LogP contribution >= 0.6 is 11.6 Å². The predicted molar refractivity (Wildman–Crippen MR) is 122 cm³/mol. The number of hydrogen-bond acceptors (Lipinski definition) is 5. The van der Waals surface area contributed by atoms with E-state index in [1.54, 1.807) is 55.5 Å². The van der Waals surface area contributed by atoms with Gasteiger partial charge < -0.3 is 19.1 Å². The highest BCUT2D eigenvalue weighted by atomic mass is 35.5. The number of rotatable bonds is 5. The number of hydrogen-bond donors (Lipinski definition) is 0. The quantitative estimate of drug-likeness (QED) is 0.520. The number of amides is 1. The Morgan fingerprint density at radius 1 is 0.938 bits per heavy atom. The van der Waals surface area contributed by atoms with E-state index >= 15 is 0 Å². The van der Waals surface area contributed by atoms with E-state index < -0.39 is 12.0 Å². The van der Waals surface area contributed by atoms with Crippen LogP contribution in [0.1, 0.15) is 33.1 Å². The van der Waals surface area contributed by atoms with Gasteiger partial charge in [-0.3, -0.25) is 4.79 Å². The molecule has 1 amide bonds. The third-order valence-corrected chi connectivity index (χ3v) is 5.81. The number of ether oxygens (including phenoxy) is 3. The van der Waals surface area contributed by atoms with Crippen molar-refractivity contribution in [3.8, 4) is 11.5 Å². The van der Waals surface area contributed by atoms with Crippen LogP contribution in [0.5, 0.6) is 11.5 Å². The molecule has 32 heavy (non-hydrogen) atoms. The van der Waals surface area contributed by atoms with E-state index in [-0.39, 0.29) is 12.3 Å². The molecule has 0 spiro atoms. The Labute approximate surface area is 191 Å². The molecule has 1 heterocycles. The lowest BCUT2D eigenvalue weighted by atomic mass is 9.86. The van der Waals surface area contributed by atoms with Crippen molar-refractivity contribution in [3.05, 3.63) is 87.9 Å². The molecule has 0 fully saturated rings. The Bertz CT molecular complexity index is 1160. The number of esters is 1. The molecule has 0 bridgehead atoms. The van der Waals surface area contributed by atoms with Crippen LogP contribution in [-0.4, -0.2) is 33.2 Å². The first kappa shape index (κ1) is 21.7. The summed E-state index contributed by atoms with van der Waals surface area (Å²) in [6, 6.07) is 17.6. The van der Waals surface area contributed by atoms with Gasteiger partial charge in [0.2, 0.25) is 5.91 Å². The minimum absolute atomic E-state index is 0.0736. The van der Waals surface area contributed by atoms with Crippen molar-refractivity contribution in [2.24, 2.45) is 0 Å². The molecular weight excluding hydrogens is 430 g/mol. The third kappa shape index (κ3) is 3.89. The topological polar surface area (TPSA) is 65.1 Å². The van der Waals surface area contributed by atoms with Crippen LogP contribution in [0.15, 0.2) is 60.7 Å². The van der Waals surface area contributed by atoms with E-state index in [0.717, 1.165) is 16.7 Å². The second kappa shape index (κ2) is 8.93. The van der Waals surface area contributed by atoms with Gasteiger partial charge >= 0.3 is 5.97 Å². The summed E-state index contributed by atoms with van der Waals surface area (Å²) in [4.78, 5) is 26.9. The van der Waals surface area contributed by atoms with Crippen LogP contribution in [-0.2, 0) is 16.0 Å². The number of anilines is 1. The van der Waals surface area contributed by atoms with Crippen LogP contribution in [0, 0.1) is 0 Å². The average Bonchev–Trinajstić information content (AvgIpc) is 2.82. The molecule has 0 saturated heterocycles. The number of benzene rings is 3. The molecule has 1 atom stereocenters. The van der Waals surface area contributed by atoms with Crippen molar-refractivity contribution in [1.82, 2.24) is 0 Å². The van der Waals surface area contributed by atoms with E-state index in [0.29, 0.717) is 27.8 Å². The molecule has 1 aliphatic heterocycles. The van der Waals surface area contributed by atoms with Crippen LogP contribution in [0.2, 0.25) is 5.02 Å². The van der Waals surface area contributed by atoms with E-state index in [1.165, 1.54) is 7.11 Å². The smallest absolute Gasteiger partial charge is 0.337 e. The van der Waals surface area contributed by atoms with Crippen molar-refractivity contribution >= 4 is 29.2 Å². The Kier molecular flexibility index (Phi) is 6.06. The molecule has 0 radical (unpaired) electrons. The first-order chi connectivity index (χ1) is 15.5. The normalized spacial score (nSPS) is 15.2. The molecule has 7 heteroatoms. The van der Waals surface area contributed by atoms with Gasteiger partial charge in [0.25, 0.3) is 0 Å². The SMILES string of the molecule is COC(=O)c1ccc(N2C(=O)Cc3cc(OC)c(OC)cc3C2c2ccc(Cl)cc2)cc1. The van der Waals surface area contributed by atoms with Gasteiger partial charge in [0.05, 0.1) is 39.4 Å². The summed E-state index contributed by atoms with van der Waals surface area (Å²) in [6.07, 6.45) is 0.207. The first-order valence-electron chi connectivity index (χ1n) is 9.97. The molecule has 4 rings (SSSR count). The van der Waals surface area contributed by atoms with Crippen molar-refractivity contribution < 1.29 is 23.8 Å². The molecule has 3 aromatic carbocycles. The predicted octanol–water partition coefficient (Wildman–Crippen LogP) is 4.82. The molecule has 0 aliphatic carbocycles. The maximum atomic E-state index is 13.4. The van der Waals surface area contributed by atoms with Crippen LogP contribution in [0.3, 0.4) is 0 Å². The zero-order chi connectivity index (χ0) is 22.8. The standard InChI is InChI=1S/C25H22ClNO5/c1-30-21-12-17-13-23(28)27(19-10-6-16(7-11-19)25(29)32-3)24(20(17)14-22(21)31-2)15-4-8-18(26)9-5-15/h4-12,14,24H,13H2,1-3H3. The number of carbonyl (C=O) groups is 2. The summed E-state index contributed by atoms with van der Waals surface area (Å²) in [6.45, 7) is 0. The van der Waals surface area contributed by atoms with Crippen LogP contribution in [0.4, 0.5) is 5.69 Å². The summed E-state index contributed by atoms with van der Waals surface area (Å²) >= 11 is 6.12. The van der Waals surface area contributed by atoms with Crippen molar-refractivity contribution in [2.75, 3.05) is 26.2 Å². The molecular formula is C25H22ClNO5. The summed E-state index contributed by atoms with van der Waals surface area (Å²) < 4.78 is 15.7. The summed E-state index contributed by atoms with van der Waals surface area (Å²) in [7, 11) is 4.49. The van der Waals surface area contributed by atoms with Gasteiger partial charge in [-0.2, -0.15) is 0 Å². The van der Waals surface area contributed by atoms with Gasteiger partial charge in [-0.25, -0.2) is 4.79 Å². The molecule has 0 N–H and O–H groups in total.